The molecule has 3 N–H and O–H groups in total. The minimum absolute atomic E-state index is 0.0249. The van der Waals surface area contributed by atoms with E-state index >= 15 is 0 Å². The van der Waals surface area contributed by atoms with Crippen LogP contribution >= 0.6 is 23.2 Å². The second-order valence-corrected chi connectivity index (χ2v) is 7.41. The van der Waals surface area contributed by atoms with Gasteiger partial charge in [0.25, 0.3) is 0 Å². The molecule has 0 bridgehead atoms. The summed E-state index contributed by atoms with van der Waals surface area (Å²) < 4.78 is 5.83. The molecule has 0 saturated heterocycles. The predicted octanol–water partition coefficient (Wildman–Crippen LogP) is 4.61. The molecule has 1 heterocycles. The van der Waals surface area contributed by atoms with E-state index in [1.54, 1.807) is 24.3 Å². The van der Waals surface area contributed by atoms with Crippen LogP contribution in [0.1, 0.15) is 5.56 Å². The summed E-state index contributed by atoms with van der Waals surface area (Å²) in [7, 11) is 0. The van der Waals surface area contributed by atoms with Crippen molar-refractivity contribution in [2.75, 3.05) is 25.0 Å². The molecule has 7 heteroatoms. The molecular weight excluding hydrogens is 409 g/mol. The number of halogens is 2. The molecule has 152 valence electrons. The lowest BCUT2D eigenvalue weighted by molar-refractivity contribution is 0.0831. The maximum Gasteiger partial charge on any atom is 0.191 e. The number of anilines is 1. The number of benzene rings is 2. The summed E-state index contributed by atoms with van der Waals surface area (Å²) >= 11 is 12.0. The average molecular weight is 432 g/mol. The number of aromatic nitrogens is 1. The van der Waals surface area contributed by atoms with Crippen molar-refractivity contribution in [3.8, 4) is 0 Å². The summed E-state index contributed by atoms with van der Waals surface area (Å²) in [6, 6.07) is 14.6. The number of para-hydroxylation sites is 1. The number of ether oxygens (including phenoxy) is 1. The third-order valence-electron chi connectivity index (χ3n) is 4.39. The molecule has 2 aromatic carbocycles. The molecular formula is C22H23Cl2N3O2. The van der Waals surface area contributed by atoms with Crippen molar-refractivity contribution in [1.82, 2.24) is 10.3 Å². The highest BCUT2D eigenvalue weighted by molar-refractivity contribution is 6.42. The zero-order valence-electron chi connectivity index (χ0n) is 15.9. The summed E-state index contributed by atoms with van der Waals surface area (Å²) in [5.41, 5.74) is 1.81. The Morgan fingerprint density at radius 2 is 1.93 bits per heavy atom. The Hall–Kier alpha value is -2.31. The van der Waals surface area contributed by atoms with E-state index in [1.807, 2.05) is 30.3 Å². The lowest BCUT2D eigenvalue weighted by atomic mass is 10.2. The Morgan fingerprint density at radius 1 is 1.10 bits per heavy atom. The number of fused-ring (bicyclic) bond motifs is 1. The first-order valence-corrected chi connectivity index (χ1v) is 10.1. The van der Waals surface area contributed by atoms with Crippen LogP contribution in [0.15, 0.2) is 66.0 Å². The number of nitrogens with one attached hydrogen (secondary N) is 3. The number of pyridine rings is 1. The third-order valence-corrected chi connectivity index (χ3v) is 5.13. The van der Waals surface area contributed by atoms with E-state index in [9.17, 15) is 4.79 Å². The van der Waals surface area contributed by atoms with Crippen LogP contribution in [0.3, 0.4) is 0 Å². The van der Waals surface area contributed by atoms with Crippen molar-refractivity contribution in [2.45, 2.75) is 12.6 Å². The summed E-state index contributed by atoms with van der Waals surface area (Å²) in [6.45, 7) is 5.91. The van der Waals surface area contributed by atoms with Gasteiger partial charge < -0.3 is 20.4 Å². The number of hydrogen-bond donors (Lipinski definition) is 3. The molecule has 0 saturated carbocycles. The third kappa shape index (κ3) is 6.08. The van der Waals surface area contributed by atoms with Crippen LogP contribution < -0.4 is 16.1 Å². The molecule has 29 heavy (non-hydrogen) atoms. The van der Waals surface area contributed by atoms with E-state index in [-0.39, 0.29) is 11.5 Å². The highest BCUT2D eigenvalue weighted by atomic mass is 35.5. The maximum atomic E-state index is 12.3. The molecule has 5 nitrogen and oxygen atoms in total. The van der Waals surface area contributed by atoms with Gasteiger partial charge in [-0.05, 0) is 29.8 Å². The van der Waals surface area contributed by atoms with Crippen molar-refractivity contribution < 1.29 is 4.74 Å². The summed E-state index contributed by atoms with van der Waals surface area (Å²) in [6.07, 6.45) is 1.59. The molecule has 3 aromatic rings. The van der Waals surface area contributed by atoms with Crippen LogP contribution in [0, 0.1) is 0 Å². The zero-order chi connectivity index (χ0) is 20.6. The average Bonchev–Trinajstić information content (AvgIpc) is 2.72. The Balaban J connectivity index is 1.59. The quantitative estimate of drug-likeness (QED) is 0.410. The highest BCUT2D eigenvalue weighted by Gasteiger charge is 2.10. The second-order valence-electron chi connectivity index (χ2n) is 6.60. The van der Waals surface area contributed by atoms with Gasteiger partial charge in [0.05, 0.1) is 28.3 Å². The molecule has 0 spiro atoms. The lowest BCUT2D eigenvalue weighted by Gasteiger charge is -2.19. The van der Waals surface area contributed by atoms with Gasteiger partial charge in [-0.15, -0.1) is 6.58 Å². The molecule has 0 aliphatic rings. The SMILES string of the molecule is C=CCOC(CNCc1ccc(Cl)c(Cl)c1)CNc1cc(=O)c2ccccc2[nH]1. The van der Waals surface area contributed by atoms with Crippen LogP contribution in [0.4, 0.5) is 5.82 Å². The molecule has 1 aromatic heterocycles. The fourth-order valence-corrected chi connectivity index (χ4v) is 3.26. The van der Waals surface area contributed by atoms with Gasteiger partial charge in [-0.1, -0.05) is 47.5 Å². The first kappa shape index (κ1) is 21.4. The van der Waals surface area contributed by atoms with E-state index in [1.165, 1.54) is 0 Å². The molecule has 1 atom stereocenters. The Labute approximate surface area is 179 Å². The zero-order valence-corrected chi connectivity index (χ0v) is 17.4. The number of hydrogen-bond acceptors (Lipinski definition) is 4. The van der Waals surface area contributed by atoms with Gasteiger partial charge in [0, 0.05) is 31.1 Å². The molecule has 3 rings (SSSR count). The fourth-order valence-electron chi connectivity index (χ4n) is 2.94. The second kappa shape index (κ2) is 10.5. The van der Waals surface area contributed by atoms with Gasteiger partial charge in [-0.3, -0.25) is 4.79 Å². The molecule has 0 fully saturated rings. The van der Waals surface area contributed by atoms with Crippen molar-refractivity contribution in [2.24, 2.45) is 0 Å². The van der Waals surface area contributed by atoms with Gasteiger partial charge >= 0.3 is 0 Å². The summed E-state index contributed by atoms with van der Waals surface area (Å²) in [5, 5.41) is 8.36. The van der Waals surface area contributed by atoms with E-state index in [0.29, 0.717) is 47.5 Å². The van der Waals surface area contributed by atoms with Crippen LogP contribution in [0.5, 0.6) is 0 Å². The van der Waals surface area contributed by atoms with Crippen LogP contribution in [0.2, 0.25) is 10.0 Å². The minimum Gasteiger partial charge on any atom is -0.371 e. The van der Waals surface area contributed by atoms with Crippen LogP contribution in [0.25, 0.3) is 10.9 Å². The van der Waals surface area contributed by atoms with Gasteiger partial charge in [0.2, 0.25) is 0 Å². The summed E-state index contributed by atoms with van der Waals surface area (Å²) in [5.74, 6) is 0.658. The Morgan fingerprint density at radius 3 is 2.72 bits per heavy atom. The first-order valence-electron chi connectivity index (χ1n) is 9.30. The van der Waals surface area contributed by atoms with Crippen LogP contribution in [-0.2, 0) is 11.3 Å². The molecule has 0 aliphatic heterocycles. The molecule has 0 radical (unpaired) electrons. The van der Waals surface area contributed by atoms with E-state index in [4.69, 9.17) is 27.9 Å². The first-order chi connectivity index (χ1) is 14.1. The predicted molar refractivity (Wildman–Crippen MR) is 121 cm³/mol. The monoisotopic (exact) mass is 431 g/mol. The van der Waals surface area contributed by atoms with E-state index in [2.05, 4.69) is 22.2 Å². The highest BCUT2D eigenvalue weighted by Crippen LogP contribution is 2.22. The molecule has 0 amide bonds. The van der Waals surface area contributed by atoms with Crippen molar-refractivity contribution >= 4 is 39.9 Å². The smallest absolute Gasteiger partial charge is 0.191 e. The maximum absolute atomic E-state index is 12.3. The molecule has 1 unspecified atom stereocenters. The van der Waals surface area contributed by atoms with Gasteiger partial charge in [0.15, 0.2) is 5.43 Å². The van der Waals surface area contributed by atoms with Gasteiger partial charge in [-0.2, -0.15) is 0 Å². The Kier molecular flexibility index (Phi) is 7.72. The van der Waals surface area contributed by atoms with E-state index in [0.717, 1.165) is 11.1 Å². The van der Waals surface area contributed by atoms with Gasteiger partial charge in [-0.25, -0.2) is 0 Å². The largest absolute Gasteiger partial charge is 0.371 e. The van der Waals surface area contributed by atoms with Gasteiger partial charge in [0.1, 0.15) is 5.82 Å². The topological polar surface area (TPSA) is 66.2 Å². The summed E-state index contributed by atoms with van der Waals surface area (Å²) in [4.78, 5) is 15.5. The van der Waals surface area contributed by atoms with Crippen molar-refractivity contribution in [3.05, 3.63) is 87.0 Å². The number of aromatic amines is 1. The lowest BCUT2D eigenvalue weighted by Crippen LogP contribution is -2.34. The van der Waals surface area contributed by atoms with E-state index < -0.39 is 0 Å². The number of rotatable bonds is 10. The van der Waals surface area contributed by atoms with Crippen molar-refractivity contribution in [1.29, 1.82) is 0 Å². The van der Waals surface area contributed by atoms with Crippen LogP contribution in [-0.4, -0.2) is 30.8 Å². The van der Waals surface area contributed by atoms with Crippen molar-refractivity contribution in [3.63, 3.8) is 0 Å². The standard InChI is InChI=1S/C22H23Cl2N3O2/c1-2-9-29-16(13-25-12-15-7-8-18(23)19(24)10-15)14-26-22-11-21(28)17-5-3-4-6-20(17)27-22/h2-8,10-11,16,25H,1,9,12-14H2,(H2,26,27,28). The minimum atomic E-state index is -0.120. The normalized spacial score (nSPS) is 12.1. The fraction of sp³-hybridized carbons (Fsp3) is 0.227. The Bertz CT molecular complexity index is 1040. The molecule has 0 aliphatic carbocycles. The number of H-pyrrole nitrogens is 1.